The van der Waals surface area contributed by atoms with Gasteiger partial charge in [-0.3, -0.25) is 14.3 Å². The van der Waals surface area contributed by atoms with Gasteiger partial charge in [0.1, 0.15) is 6.04 Å². The van der Waals surface area contributed by atoms with Crippen LogP contribution >= 0.6 is 0 Å². The SMILES string of the molecule is O=C(C1CCC1)N1Cc2ccnn2[C@@H](C(=O)N2CCOCC2)C1. The molecule has 1 aliphatic carbocycles. The summed E-state index contributed by atoms with van der Waals surface area (Å²) < 4.78 is 7.12. The first-order valence-corrected chi connectivity index (χ1v) is 8.42. The molecule has 2 aliphatic heterocycles. The lowest BCUT2D eigenvalue weighted by atomic mass is 9.84. The van der Waals surface area contributed by atoms with Crippen LogP contribution < -0.4 is 0 Å². The zero-order valence-electron chi connectivity index (χ0n) is 13.2. The smallest absolute Gasteiger partial charge is 0.249 e. The molecule has 1 aromatic heterocycles. The quantitative estimate of drug-likeness (QED) is 0.793. The van der Waals surface area contributed by atoms with Crippen molar-refractivity contribution in [3.63, 3.8) is 0 Å². The largest absolute Gasteiger partial charge is 0.378 e. The molecule has 0 unspecified atom stereocenters. The molecule has 4 rings (SSSR count). The molecule has 0 N–H and O–H groups in total. The second-order valence-electron chi connectivity index (χ2n) is 6.57. The van der Waals surface area contributed by atoms with Crippen LogP contribution in [0, 0.1) is 5.92 Å². The summed E-state index contributed by atoms with van der Waals surface area (Å²) in [6, 6.07) is 1.50. The number of morpholine rings is 1. The van der Waals surface area contributed by atoms with Crippen molar-refractivity contribution in [3.8, 4) is 0 Å². The summed E-state index contributed by atoms with van der Waals surface area (Å²) >= 11 is 0. The zero-order valence-corrected chi connectivity index (χ0v) is 13.2. The van der Waals surface area contributed by atoms with Gasteiger partial charge in [-0.15, -0.1) is 0 Å². The monoisotopic (exact) mass is 318 g/mol. The lowest BCUT2D eigenvalue weighted by Gasteiger charge is -2.39. The van der Waals surface area contributed by atoms with Gasteiger partial charge in [0.2, 0.25) is 11.8 Å². The first-order valence-electron chi connectivity index (χ1n) is 8.42. The van der Waals surface area contributed by atoms with E-state index in [1.807, 2.05) is 15.9 Å². The molecule has 2 fully saturated rings. The number of carbonyl (C=O) groups excluding carboxylic acids is 2. The fraction of sp³-hybridized carbons (Fsp3) is 0.688. The number of rotatable bonds is 2. The molecule has 1 saturated carbocycles. The minimum absolute atomic E-state index is 0.0457. The number of hydrogen-bond donors (Lipinski definition) is 0. The predicted molar refractivity (Wildman–Crippen MR) is 81.4 cm³/mol. The van der Waals surface area contributed by atoms with Gasteiger partial charge >= 0.3 is 0 Å². The second-order valence-corrected chi connectivity index (χ2v) is 6.57. The summed E-state index contributed by atoms with van der Waals surface area (Å²) in [4.78, 5) is 29.2. The lowest BCUT2D eigenvalue weighted by Crippen LogP contribution is -2.51. The summed E-state index contributed by atoms with van der Waals surface area (Å²) in [5, 5.41) is 4.33. The Morgan fingerprint density at radius 2 is 1.91 bits per heavy atom. The molecular weight excluding hydrogens is 296 g/mol. The average Bonchev–Trinajstić information content (AvgIpc) is 3.01. The van der Waals surface area contributed by atoms with Crippen molar-refractivity contribution in [3.05, 3.63) is 18.0 Å². The third kappa shape index (κ3) is 2.63. The Kier molecular flexibility index (Phi) is 3.80. The van der Waals surface area contributed by atoms with E-state index in [0.717, 1.165) is 25.0 Å². The highest BCUT2D eigenvalue weighted by atomic mass is 16.5. The number of fused-ring (bicyclic) bond motifs is 1. The molecule has 1 aromatic rings. The molecule has 7 nitrogen and oxygen atoms in total. The van der Waals surface area contributed by atoms with Crippen LogP contribution in [0.3, 0.4) is 0 Å². The minimum Gasteiger partial charge on any atom is -0.378 e. The fourth-order valence-electron chi connectivity index (χ4n) is 3.55. The van der Waals surface area contributed by atoms with Gasteiger partial charge < -0.3 is 14.5 Å². The third-order valence-electron chi connectivity index (χ3n) is 5.17. The molecule has 3 aliphatic rings. The van der Waals surface area contributed by atoms with Gasteiger partial charge in [0.05, 0.1) is 32.0 Å². The Bertz CT molecular complexity index is 604. The molecule has 1 saturated heterocycles. The normalized spacial score (nSPS) is 25.0. The molecule has 7 heteroatoms. The Balaban J connectivity index is 1.55. The number of ether oxygens (including phenoxy) is 1. The summed E-state index contributed by atoms with van der Waals surface area (Å²) in [6.45, 7) is 3.37. The Morgan fingerprint density at radius 1 is 1.13 bits per heavy atom. The van der Waals surface area contributed by atoms with Crippen LogP contribution in [0.4, 0.5) is 0 Å². The highest BCUT2D eigenvalue weighted by Crippen LogP contribution is 2.31. The van der Waals surface area contributed by atoms with Gasteiger partial charge in [-0.2, -0.15) is 5.10 Å². The minimum atomic E-state index is -0.407. The van der Waals surface area contributed by atoms with Crippen molar-refractivity contribution in [1.29, 1.82) is 0 Å². The number of aromatic nitrogens is 2. The van der Waals surface area contributed by atoms with E-state index in [2.05, 4.69) is 5.10 Å². The highest BCUT2D eigenvalue weighted by molar-refractivity contribution is 5.84. The van der Waals surface area contributed by atoms with Crippen molar-refractivity contribution < 1.29 is 14.3 Å². The average molecular weight is 318 g/mol. The van der Waals surface area contributed by atoms with E-state index in [0.29, 0.717) is 39.4 Å². The summed E-state index contributed by atoms with van der Waals surface area (Å²) in [6.07, 6.45) is 4.82. The first kappa shape index (κ1) is 14.7. The van der Waals surface area contributed by atoms with Crippen molar-refractivity contribution >= 4 is 11.8 Å². The fourth-order valence-corrected chi connectivity index (χ4v) is 3.55. The van der Waals surface area contributed by atoms with E-state index in [9.17, 15) is 9.59 Å². The number of carbonyl (C=O) groups is 2. The molecular formula is C16H22N4O3. The topological polar surface area (TPSA) is 67.7 Å². The molecule has 124 valence electrons. The molecule has 0 bridgehead atoms. The van der Waals surface area contributed by atoms with E-state index in [1.54, 1.807) is 10.9 Å². The van der Waals surface area contributed by atoms with E-state index in [-0.39, 0.29) is 17.7 Å². The second kappa shape index (κ2) is 5.96. The number of nitrogens with zero attached hydrogens (tertiary/aromatic N) is 4. The van der Waals surface area contributed by atoms with Gasteiger partial charge in [0.25, 0.3) is 0 Å². The summed E-state index contributed by atoms with van der Waals surface area (Å²) in [7, 11) is 0. The van der Waals surface area contributed by atoms with Crippen molar-refractivity contribution in [2.45, 2.75) is 31.8 Å². The van der Waals surface area contributed by atoms with Gasteiger partial charge in [-0.25, -0.2) is 0 Å². The van der Waals surface area contributed by atoms with E-state index in [4.69, 9.17) is 4.74 Å². The van der Waals surface area contributed by atoms with Gasteiger partial charge in [0.15, 0.2) is 0 Å². The van der Waals surface area contributed by atoms with Crippen LogP contribution in [-0.4, -0.2) is 64.2 Å². The molecule has 0 aromatic carbocycles. The maximum Gasteiger partial charge on any atom is 0.249 e. The maximum absolute atomic E-state index is 12.9. The lowest BCUT2D eigenvalue weighted by molar-refractivity contribution is -0.145. The van der Waals surface area contributed by atoms with E-state index < -0.39 is 6.04 Å². The van der Waals surface area contributed by atoms with Crippen LogP contribution in [0.2, 0.25) is 0 Å². The summed E-state index contributed by atoms with van der Waals surface area (Å²) in [5.74, 6) is 0.399. The molecule has 3 heterocycles. The van der Waals surface area contributed by atoms with E-state index >= 15 is 0 Å². The molecule has 2 amide bonds. The molecule has 1 atom stereocenters. The predicted octanol–water partition coefficient (Wildman–Crippen LogP) is 0.425. The van der Waals surface area contributed by atoms with Crippen molar-refractivity contribution in [2.24, 2.45) is 5.92 Å². The zero-order chi connectivity index (χ0) is 15.8. The van der Waals surface area contributed by atoms with Crippen LogP contribution in [0.15, 0.2) is 12.3 Å². The van der Waals surface area contributed by atoms with Crippen LogP contribution in [0.5, 0.6) is 0 Å². The number of amides is 2. The van der Waals surface area contributed by atoms with Gasteiger partial charge in [-0.05, 0) is 18.9 Å². The maximum atomic E-state index is 12.9. The van der Waals surface area contributed by atoms with Crippen LogP contribution in [0.1, 0.15) is 31.0 Å². The summed E-state index contributed by atoms with van der Waals surface area (Å²) in [5.41, 5.74) is 0.940. The van der Waals surface area contributed by atoms with E-state index in [1.165, 1.54) is 0 Å². The highest BCUT2D eigenvalue weighted by Gasteiger charge is 2.38. The van der Waals surface area contributed by atoms with Gasteiger partial charge in [0, 0.05) is 25.2 Å². The molecule has 23 heavy (non-hydrogen) atoms. The van der Waals surface area contributed by atoms with Gasteiger partial charge in [-0.1, -0.05) is 6.42 Å². The van der Waals surface area contributed by atoms with Crippen LogP contribution in [-0.2, 0) is 20.9 Å². The van der Waals surface area contributed by atoms with Crippen molar-refractivity contribution in [2.75, 3.05) is 32.8 Å². The Labute approximate surface area is 135 Å². The standard InChI is InChI=1S/C16H22N4O3/c21-15(12-2-1-3-12)19-10-13-4-5-17-20(13)14(11-19)16(22)18-6-8-23-9-7-18/h4-5,12,14H,1-3,6-11H2/t14-/m1/s1. The Hall–Kier alpha value is -1.89. The van der Waals surface area contributed by atoms with Crippen molar-refractivity contribution in [1.82, 2.24) is 19.6 Å². The molecule has 0 spiro atoms. The number of hydrogen-bond acceptors (Lipinski definition) is 4. The Morgan fingerprint density at radius 3 is 2.61 bits per heavy atom. The van der Waals surface area contributed by atoms with Crippen LogP contribution in [0.25, 0.3) is 0 Å². The first-order chi connectivity index (χ1) is 11.2. The third-order valence-corrected chi connectivity index (χ3v) is 5.17. The molecule has 0 radical (unpaired) electrons.